The van der Waals surface area contributed by atoms with Crippen LogP contribution in [0.4, 0.5) is 0 Å². The van der Waals surface area contributed by atoms with Gasteiger partial charge in [-0.3, -0.25) is 4.90 Å². The zero-order valence-corrected chi connectivity index (χ0v) is 9.53. The lowest BCUT2D eigenvalue weighted by atomic mass is 9.88. The lowest BCUT2D eigenvalue weighted by Gasteiger charge is -2.46. The van der Waals surface area contributed by atoms with E-state index in [1.54, 1.807) is 0 Å². The number of piperidine rings is 1. The number of rotatable bonds is 3. The maximum absolute atomic E-state index is 9.79. The minimum atomic E-state index is -0.349. The van der Waals surface area contributed by atoms with Gasteiger partial charge in [0.2, 0.25) is 0 Å². The molecule has 0 bridgehead atoms. The largest absolute Gasteiger partial charge is 0.392 e. The van der Waals surface area contributed by atoms with Gasteiger partial charge >= 0.3 is 0 Å². The maximum atomic E-state index is 9.79. The molecule has 0 spiro atoms. The van der Waals surface area contributed by atoms with Crippen LogP contribution in [0.5, 0.6) is 0 Å². The van der Waals surface area contributed by atoms with Gasteiger partial charge < -0.3 is 10.2 Å². The highest BCUT2D eigenvalue weighted by Crippen LogP contribution is 2.27. The van der Waals surface area contributed by atoms with E-state index in [2.05, 4.69) is 18.7 Å². The summed E-state index contributed by atoms with van der Waals surface area (Å²) in [5.41, 5.74) is -0.179. The molecule has 0 saturated carbocycles. The molecule has 1 heterocycles. The van der Waals surface area contributed by atoms with Crippen molar-refractivity contribution >= 4 is 0 Å². The van der Waals surface area contributed by atoms with Gasteiger partial charge in [-0.25, -0.2) is 0 Å². The predicted molar refractivity (Wildman–Crippen MR) is 57.2 cm³/mol. The normalized spacial score (nSPS) is 31.1. The molecule has 0 aliphatic carbocycles. The van der Waals surface area contributed by atoms with Crippen molar-refractivity contribution in [1.29, 1.82) is 0 Å². The molecule has 2 N–H and O–H groups in total. The van der Waals surface area contributed by atoms with Crippen molar-refractivity contribution in [2.75, 3.05) is 13.1 Å². The third-order valence-corrected chi connectivity index (χ3v) is 3.73. The topological polar surface area (TPSA) is 43.7 Å². The number of aliphatic hydroxyl groups excluding tert-OH is 2. The first kappa shape index (κ1) is 12.0. The van der Waals surface area contributed by atoms with E-state index in [9.17, 15) is 10.2 Å². The molecule has 1 fully saturated rings. The molecule has 14 heavy (non-hydrogen) atoms. The van der Waals surface area contributed by atoms with Gasteiger partial charge in [0.1, 0.15) is 0 Å². The number of hydrogen-bond donors (Lipinski definition) is 2. The standard InChI is InChI=1S/C11H23NO2/c1-4-11(3,9(2)13)12-7-5-6-10(14)8-12/h9-10,13-14H,4-8H2,1-3H3. The van der Waals surface area contributed by atoms with Crippen LogP contribution < -0.4 is 0 Å². The Morgan fingerprint density at radius 1 is 1.57 bits per heavy atom. The number of likely N-dealkylation sites (tertiary alicyclic amines) is 1. The second-order valence-electron chi connectivity index (χ2n) is 4.63. The van der Waals surface area contributed by atoms with Crippen LogP contribution in [-0.4, -0.2) is 45.9 Å². The zero-order chi connectivity index (χ0) is 10.8. The molecule has 3 atom stereocenters. The lowest BCUT2D eigenvalue weighted by molar-refractivity contribution is -0.0530. The van der Waals surface area contributed by atoms with E-state index in [4.69, 9.17) is 0 Å². The monoisotopic (exact) mass is 201 g/mol. The summed E-state index contributed by atoms with van der Waals surface area (Å²) in [6.07, 6.45) is 2.28. The average molecular weight is 201 g/mol. The summed E-state index contributed by atoms with van der Waals surface area (Å²) in [7, 11) is 0. The Labute approximate surface area is 86.7 Å². The SMILES string of the molecule is CCC(C)(C(C)O)N1CCCC(O)C1. The summed E-state index contributed by atoms with van der Waals surface area (Å²) in [5, 5.41) is 19.4. The first-order valence-corrected chi connectivity index (χ1v) is 5.62. The van der Waals surface area contributed by atoms with Crippen LogP contribution in [0.25, 0.3) is 0 Å². The van der Waals surface area contributed by atoms with Crippen molar-refractivity contribution < 1.29 is 10.2 Å². The summed E-state index contributed by atoms with van der Waals surface area (Å²) in [6, 6.07) is 0. The second kappa shape index (κ2) is 4.60. The van der Waals surface area contributed by atoms with Gasteiger partial charge in [-0.2, -0.15) is 0 Å². The van der Waals surface area contributed by atoms with Gasteiger partial charge in [0.05, 0.1) is 12.2 Å². The van der Waals surface area contributed by atoms with Gasteiger partial charge in [0.25, 0.3) is 0 Å². The Kier molecular flexibility index (Phi) is 3.93. The molecule has 1 saturated heterocycles. The lowest BCUT2D eigenvalue weighted by Crippen LogP contribution is -2.57. The molecule has 1 aliphatic rings. The maximum Gasteiger partial charge on any atom is 0.0692 e. The van der Waals surface area contributed by atoms with Crippen LogP contribution >= 0.6 is 0 Å². The summed E-state index contributed by atoms with van der Waals surface area (Å²) in [5.74, 6) is 0. The van der Waals surface area contributed by atoms with Crippen LogP contribution in [-0.2, 0) is 0 Å². The number of β-amino-alcohol motifs (C(OH)–C–C–N with tert-alkyl or cyclic N) is 1. The fourth-order valence-corrected chi connectivity index (χ4v) is 2.20. The van der Waals surface area contributed by atoms with Gasteiger partial charge in [-0.05, 0) is 39.7 Å². The zero-order valence-electron chi connectivity index (χ0n) is 9.53. The number of nitrogens with zero attached hydrogens (tertiary/aromatic N) is 1. The van der Waals surface area contributed by atoms with Crippen molar-refractivity contribution in [2.24, 2.45) is 0 Å². The molecular weight excluding hydrogens is 178 g/mol. The highest BCUT2D eigenvalue weighted by Gasteiger charge is 2.36. The molecular formula is C11H23NO2. The molecule has 0 aromatic carbocycles. The van der Waals surface area contributed by atoms with Crippen molar-refractivity contribution in [1.82, 2.24) is 4.90 Å². The van der Waals surface area contributed by atoms with Gasteiger partial charge in [-0.15, -0.1) is 0 Å². The molecule has 3 nitrogen and oxygen atoms in total. The average Bonchev–Trinajstić information content (AvgIpc) is 2.16. The van der Waals surface area contributed by atoms with E-state index >= 15 is 0 Å². The first-order chi connectivity index (χ1) is 6.50. The Balaban J connectivity index is 2.68. The van der Waals surface area contributed by atoms with Gasteiger partial charge in [0, 0.05) is 12.1 Å². The molecule has 84 valence electrons. The van der Waals surface area contributed by atoms with Gasteiger partial charge in [0.15, 0.2) is 0 Å². The quantitative estimate of drug-likeness (QED) is 0.716. The van der Waals surface area contributed by atoms with Crippen LogP contribution in [0.1, 0.15) is 40.0 Å². The summed E-state index contributed by atoms with van der Waals surface area (Å²) < 4.78 is 0. The van der Waals surface area contributed by atoms with E-state index in [1.807, 2.05) is 6.92 Å². The molecule has 3 unspecified atom stereocenters. The van der Waals surface area contributed by atoms with Gasteiger partial charge in [-0.1, -0.05) is 6.92 Å². The minimum Gasteiger partial charge on any atom is -0.392 e. The molecule has 1 aliphatic heterocycles. The first-order valence-electron chi connectivity index (χ1n) is 5.62. The summed E-state index contributed by atoms with van der Waals surface area (Å²) >= 11 is 0. The van der Waals surface area contributed by atoms with E-state index in [0.29, 0.717) is 6.54 Å². The van der Waals surface area contributed by atoms with Crippen molar-refractivity contribution in [3.05, 3.63) is 0 Å². The van der Waals surface area contributed by atoms with E-state index in [-0.39, 0.29) is 17.7 Å². The van der Waals surface area contributed by atoms with Crippen LogP contribution in [0.2, 0.25) is 0 Å². The fourth-order valence-electron chi connectivity index (χ4n) is 2.20. The molecule has 0 aromatic rings. The van der Waals surface area contributed by atoms with Crippen LogP contribution in [0.15, 0.2) is 0 Å². The summed E-state index contributed by atoms with van der Waals surface area (Å²) in [6.45, 7) is 7.70. The van der Waals surface area contributed by atoms with E-state index in [0.717, 1.165) is 25.8 Å². The molecule has 0 amide bonds. The van der Waals surface area contributed by atoms with E-state index < -0.39 is 0 Å². The molecule has 0 radical (unpaired) electrons. The third kappa shape index (κ3) is 2.27. The Morgan fingerprint density at radius 3 is 2.64 bits per heavy atom. The van der Waals surface area contributed by atoms with Crippen molar-refractivity contribution in [3.8, 4) is 0 Å². The summed E-state index contributed by atoms with van der Waals surface area (Å²) in [4.78, 5) is 2.23. The Hall–Kier alpha value is -0.120. The Morgan fingerprint density at radius 2 is 2.21 bits per heavy atom. The van der Waals surface area contributed by atoms with Crippen molar-refractivity contribution in [2.45, 2.75) is 57.8 Å². The number of aliphatic hydroxyl groups is 2. The Bertz CT molecular complexity index is 184. The molecule has 1 rings (SSSR count). The minimum absolute atomic E-state index is 0.179. The second-order valence-corrected chi connectivity index (χ2v) is 4.63. The highest BCUT2D eigenvalue weighted by atomic mass is 16.3. The molecule has 0 aromatic heterocycles. The molecule has 3 heteroatoms. The van der Waals surface area contributed by atoms with E-state index in [1.165, 1.54) is 0 Å². The predicted octanol–water partition coefficient (Wildman–Crippen LogP) is 0.993. The highest BCUT2D eigenvalue weighted by molar-refractivity contribution is 4.92. The van der Waals surface area contributed by atoms with Crippen molar-refractivity contribution in [3.63, 3.8) is 0 Å². The fraction of sp³-hybridized carbons (Fsp3) is 1.00. The van der Waals surface area contributed by atoms with Crippen LogP contribution in [0, 0.1) is 0 Å². The van der Waals surface area contributed by atoms with Crippen LogP contribution in [0.3, 0.4) is 0 Å². The third-order valence-electron chi connectivity index (χ3n) is 3.73. The number of hydrogen-bond acceptors (Lipinski definition) is 3. The smallest absolute Gasteiger partial charge is 0.0692 e.